The average molecular weight is 351 g/mol. The van der Waals surface area contributed by atoms with Crippen molar-refractivity contribution in [1.29, 1.82) is 0 Å². The third-order valence-corrected chi connectivity index (χ3v) is 2.80. The van der Waals surface area contributed by atoms with E-state index in [0.29, 0.717) is 6.92 Å². The van der Waals surface area contributed by atoms with Gasteiger partial charge in [-0.3, -0.25) is 4.79 Å². The second-order valence-electron chi connectivity index (χ2n) is 4.18. The van der Waals surface area contributed by atoms with Crippen LogP contribution < -0.4 is 0 Å². The van der Waals surface area contributed by atoms with E-state index in [1.165, 1.54) is 6.92 Å². The Morgan fingerprint density at radius 1 is 1.05 bits per heavy atom. The van der Waals surface area contributed by atoms with Gasteiger partial charge in [-0.1, -0.05) is 6.92 Å². The van der Waals surface area contributed by atoms with Gasteiger partial charge in [-0.25, -0.2) is 0 Å². The van der Waals surface area contributed by atoms with E-state index >= 15 is 0 Å². The first-order valence-corrected chi connectivity index (χ1v) is 5.86. The molecule has 1 unspecified atom stereocenters. The Bertz CT molecular complexity index is 380. The molecule has 0 radical (unpaired) electrons. The van der Waals surface area contributed by atoms with Crippen LogP contribution in [0.2, 0.25) is 0 Å². The smallest absolute Gasteiger partial charge is 0.392 e. The molecule has 2 nitrogen and oxygen atoms in total. The fraction of sp³-hybridized carbons (Fsp3) is 0.900. The van der Waals surface area contributed by atoms with Crippen LogP contribution in [-0.2, 0) is 9.53 Å². The van der Waals surface area contributed by atoms with Crippen LogP contribution in [-0.4, -0.2) is 35.7 Å². The van der Waals surface area contributed by atoms with E-state index in [-0.39, 0.29) is 6.61 Å². The minimum absolute atomic E-state index is 0.260. The van der Waals surface area contributed by atoms with Crippen molar-refractivity contribution in [3.63, 3.8) is 0 Å². The lowest BCUT2D eigenvalue weighted by molar-refractivity contribution is -0.358. The number of hydrogen-bond donors (Lipinski definition) is 0. The van der Waals surface area contributed by atoms with Crippen molar-refractivity contribution in [2.24, 2.45) is 5.92 Å². The second kappa shape index (κ2) is 6.13. The van der Waals surface area contributed by atoms with Gasteiger partial charge in [0.15, 0.2) is 0 Å². The molecule has 21 heavy (non-hydrogen) atoms. The van der Waals surface area contributed by atoms with E-state index in [1.54, 1.807) is 0 Å². The molecule has 0 saturated carbocycles. The summed E-state index contributed by atoms with van der Waals surface area (Å²) in [5, 5.41) is -5.90. The van der Waals surface area contributed by atoms with Crippen LogP contribution in [0.4, 0.5) is 35.1 Å². The Balaban J connectivity index is 5.42. The lowest BCUT2D eigenvalue weighted by Crippen LogP contribution is -2.62. The standard InChI is InChI=1S/C10H11ClF8O2/c1-3-21-6(20)4-5(2)7(12,13)8(14,15)9(16,17)10(11,18)19/h5H,3-4H2,1-2H3. The Morgan fingerprint density at radius 3 is 1.81 bits per heavy atom. The monoisotopic (exact) mass is 350 g/mol. The molecule has 0 spiro atoms. The minimum Gasteiger partial charge on any atom is -0.466 e. The van der Waals surface area contributed by atoms with Crippen molar-refractivity contribution in [1.82, 2.24) is 0 Å². The van der Waals surface area contributed by atoms with Crippen molar-refractivity contribution < 1.29 is 44.7 Å². The molecule has 126 valence electrons. The Hall–Kier alpha value is -0.800. The molecule has 0 aliphatic rings. The van der Waals surface area contributed by atoms with Crippen LogP contribution in [0.15, 0.2) is 0 Å². The van der Waals surface area contributed by atoms with E-state index in [9.17, 15) is 39.9 Å². The summed E-state index contributed by atoms with van der Waals surface area (Å²) >= 11 is 3.79. The molecule has 11 heteroatoms. The largest absolute Gasteiger partial charge is 0.466 e. The van der Waals surface area contributed by atoms with Crippen molar-refractivity contribution in [2.45, 2.75) is 43.4 Å². The maximum absolute atomic E-state index is 13.4. The van der Waals surface area contributed by atoms with Gasteiger partial charge in [0, 0.05) is 5.92 Å². The van der Waals surface area contributed by atoms with E-state index in [0.717, 1.165) is 0 Å². The predicted molar refractivity (Wildman–Crippen MR) is 56.1 cm³/mol. The summed E-state index contributed by atoms with van der Waals surface area (Å²) in [5.41, 5.74) is 0. The molecule has 0 fully saturated rings. The number of carbonyl (C=O) groups excluding carboxylic acids is 1. The fourth-order valence-corrected chi connectivity index (χ4v) is 1.41. The molecule has 0 N–H and O–H groups in total. The SMILES string of the molecule is CCOC(=O)CC(C)C(F)(F)C(F)(F)C(F)(F)C(F)(F)Cl. The highest BCUT2D eigenvalue weighted by molar-refractivity contribution is 6.22. The van der Waals surface area contributed by atoms with Crippen LogP contribution in [0, 0.1) is 5.92 Å². The number of carbonyl (C=O) groups is 1. The van der Waals surface area contributed by atoms with Crippen molar-refractivity contribution in [3.8, 4) is 0 Å². The van der Waals surface area contributed by atoms with Gasteiger partial charge in [0.25, 0.3) is 0 Å². The molecule has 0 bridgehead atoms. The highest BCUT2D eigenvalue weighted by Crippen LogP contribution is 2.56. The van der Waals surface area contributed by atoms with E-state index in [1.807, 2.05) is 0 Å². The third kappa shape index (κ3) is 3.70. The van der Waals surface area contributed by atoms with Crippen molar-refractivity contribution >= 4 is 17.6 Å². The summed E-state index contributed by atoms with van der Waals surface area (Å²) in [6.07, 6.45) is -1.36. The van der Waals surface area contributed by atoms with Crippen molar-refractivity contribution in [3.05, 3.63) is 0 Å². The summed E-state index contributed by atoms with van der Waals surface area (Å²) in [7, 11) is 0. The van der Waals surface area contributed by atoms with Crippen LogP contribution in [0.5, 0.6) is 0 Å². The molecule has 0 amide bonds. The summed E-state index contributed by atoms with van der Waals surface area (Å²) in [6.45, 7) is 1.36. The van der Waals surface area contributed by atoms with Gasteiger partial charge in [-0.15, -0.1) is 0 Å². The molecule has 1 atom stereocenters. The number of halogens is 9. The number of alkyl halides is 9. The van der Waals surface area contributed by atoms with Crippen molar-refractivity contribution in [2.75, 3.05) is 6.61 Å². The zero-order valence-corrected chi connectivity index (χ0v) is 11.5. The maximum atomic E-state index is 13.4. The first-order chi connectivity index (χ1) is 9.13. The first kappa shape index (κ1) is 20.2. The molecule has 0 rings (SSSR count). The topological polar surface area (TPSA) is 26.3 Å². The van der Waals surface area contributed by atoms with Gasteiger partial charge < -0.3 is 4.74 Å². The normalized spacial score (nSPS) is 15.8. The third-order valence-electron chi connectivity index (χ3n) is 2.57. The Kier molecular flexibility index (Phi) is 5.90. The van der Waals surface area contributed by atoms with Gasteiger partial charge in [-0.2, -0.15) is 35.1 Å². The summed E-state index contributed by atoms with van der Waals surface area (Å²) in [5.74, 6) is -22.7. The van der Waals surface area contributed by atoms with Gasteiger partial charge in [-0.05, 0) is 18.5 Å². The van der Waals surface area contributed by atoms with Crippen LogP contribution in [0.1, 0.15) is 20.3 Å². The highest BCUT2D eigenvalue weighted by Gasteiger charge is 2.81. The lowest BCUT2D eigenvalue weighted by Gasteiger charge is -2.36. The molecule has 0 aromatic heterocycles. The summed E-state index contributed by atoms with van der Waals surface area (Å²) in [4.78, 5) is 10.9. The van der Waals surface area contributed by atoms with E-state index < -0.39 is 41.5 Å². The van der Waals surface area contributed by atoms with Crippen LogP contribution in [0.25, 0.3) is 0 Å². The average Bonchev–Trinajstić information content (AvgIpc) is 2.26. The van der Waals surface area contributed by atoms with Gasteiger partial charge in [0.05, 0.1) is 13.0 Å². The highest BCUT2D eigenvalue weighted by atomic mass is 35.5. The molecule has 0 aromatic rings. The maximum Gasteiger partial charge on any atom is 0.392 e. The molecule has 0 saturated heterocycles. The molecular formula is C10H11ClF8O2. The van der Waals surface area contributed by atoms with Gasteiger partial charge in [0.2, 0.25) is 0 Å². The molecule has 0 aliphatic heterocycles. The molecule has 0 aliphatic carbocycles. The van der Waals surface area contributed by atoms with E-state index in [2.05, 4.69) is 16.3 Å². The van der Waals surface area contributed by atoms with Crippen LogP contribution >= 0.6 is 11.6 Å². The lowest BCUT2D eigenvalue weighted by atomic mass is 9.91. The first-order valence-electron chi connectivity index (χ1n) is 5.48. The molecule has 0 heterocycles. The number of ether oxygens (including phenoxy) is 1. The second-order valence-corrected chi connectivity index (χ2v) is 4.65. The van der Waals surface area contributed by atoms with Gasteiger partial charge in [0.1, 0.15) is 0 Å². The predicted octanol–water partition coefficient (Wildman–Crippen LogP) is 4.31. The minimum atomic E-state index is -6.52. The Morgan fingerprint density at radius 2 is 1.48 bits per heavy atom. The number of esters is 1. The van der Waals surface area contributed by atoms with E-state index in [4.69, 9.17) is 0 Å². The number of rotatable bonds is 7. The quantitative estimate of drug-likeness (QED) is 0.388. The number of hydrogen-bond acceptors (Lipinski definition) is 2. The molecular weight excluding hydrogens is 340 g/mol. The summed E-state index contributed by atoms with van der Waals surface area (Å²) < 4.78 is 107. The zero-order valence-electron chi connectivity index (χ0n) is 10.7. The zero-order chi connectivity index (χ0) is 17.3. The summed E-state index contributed by atoms with van der Waals surface area (Å²) in [6, 6.07) is 0. The molecule has 0 aromatic carbocycles. The Labute approximate surface area is 119 Å². The fourth-order valence-electron chi connectivity index (χ4n) is 1.29. The van der Waals surface area contributed by atoms with Gasteiger partial charge >= 0.3 is 29.1 Å². The van der Waals surface area contributed by atoms with Crippen LogP contribution in [0.3, 0.4) is 0 Å².